The third-order valence-corrected chi connectivity index (χ3v) is 4.20. The predicted molar refractivity (Wildman–Crippen MR) is 65.9 cm³/mol. The Morgan fingerprint density at radius 3 is 2.65 bits per heavy atom. The van der Waals surface area contributed by atoms with Crippen LogP contribution in [-0.2, 0) is 4.79 Å². The topological polar surface area (TPSA) is 69.8 Å². The Morgan fingerprint density at radius 2 is 2.18 bits per heavy atom. The molecule has 0 aromatic rings. The monoisotopic (exact) mass is 241 g/mol. The number of carboxylic acid groups (broad SMARTS) is 1. The van der Waals surface area contributed by atoms with Crippen molar-refractivity contribution in [3.05, 3.63) is 0 Å². The highest BCUT2D eigenvalue weighted by atomic mass is 16.4. The summed E-state index contributed by atoms with van der Waals surface area (Å²) in [6.07, 6.45) is 1.70. The smallest absolute Gasteiger partial charge is 0.325 e. The van der Waals surface area contributed by atoms with Gasteiger partial charge in [-0.2, -0.15) is 0 Å². The van der Waals surface area contributed by atoms with Crippen molar-refractivity contribution in [3.8, 4) is 0 Å². The normalized spacial score (nSPS) is 35.9. The summed E-state index contributed by atoms with van der Waals surface area (Å²) in [7, 11) is 0. The van der Waals surface area contributed by atoms with Crippen LogP contribution in [0.3, 0.4) is 0 Å². The number of hydrogen-bond donors (Lipinski definition) is 2. The Morgan fingerprint density at radius 1 is 1.47 bits per heavy atom. The summed E-state index contributed by atoms with van der Waals surface area (Å²) in [6.45, 7) is 7.89. The van der Waals surface area contributed by atoms with E-state index in [-0.39, 0.29) is 0 Å². The average molecular weight is 241 g/mol. The molecule has 5 heteroatoms. The lowest BCUT2D eigenvalue weighted by atomic mass is 10.0. The SMILES string of the molecule is CC(C)N1CCC(N2CCC(N)(C(=O)O)C2)C1. The van der Waals surface area contributed by atoms with Gasteiger partial charge in [-0.1, -0.05) is 0 Å². The predicted octanol–water partition coefficient (Wildman–Crippen LogP) is -0.0431. The molecular weight excluding hydrogens is 218 g/mol. The molecule has 2 rings (SSSR count). The second kappa shape index (κ2) is 4.55. The second-order valence-corrected chi connectivity index (χ2v) is 5.71. The van der Waals surface area contributed by atoms with Crippen molar-refractivity contribution in [3.63, 3.8) is 0 Å². The molecule has 3 N–H and O–H groups in total. The first-order valence-electron chi connectivity index (χ1n) is 6.43. The lowest BCUT2D eigenvalue weighted by Crippen LogP contribution is -2.51. The standard InChI is InChI=1S/C12H23N3O2/c1-9(2)14-5-3-10(7-14)15-6-4-12(13,8-15)11(16)17/h9-10H,3-8,13H2,1-2H3,(H,16,17). The van der Waals surface area contributed by atoms with Crippen molar-refractivity contribution >= 4 is 5.97 Å². The molecule has 5 nitrogen and oxygen atoms in total. The van der Waals surface area contributed by atoms with Gasteiger partial charge < -0.3 is 10.8 Å². The third-order valence-electron chi connectivity index (χ3n) is 4.20. The highest BCUT2D eigenvalue weighted by molar-refractivity contribution is 5.79. The number of hydrogen-bond acceptors (Lipinski definition) is 4. The van der Waals surface area contributed by atoms with Gasteiger partial charge in [-0.3, -0.25) is 14.6 Å². The fourth-order valence-corrected chi connectivity index (χ4v) is 2.89. The van der Waals surface area contributed by atoms with Gasteiger partial charge in [-0.05, 0) is 26.7 Å². The van der Waals surface area contributed by atoms with E-state index in [1.165, 1.54) is 0 Å². The Balaban J connectivity index is 1.92. The number of likely N-dealkylation sites (tertiary alicyclic amines) is 2. The van der Waals surface area contributed by atoms with E-state index in [0.717, 1.165) is 26.1 Å². The van der Waals surface area contributed by atoms with Gasteiger partial charge in [0, 0.05) is 38.3 Å². The molecule has 0 aromatic carbocycles. The van der Waals surface area contributed by atoms with E-state index in [1.807, 2.05) is 0 Å². The molecule has 0 aromatic heterocycles. The molecule has 0 radical (unpaired) electrons. The molecule has 2 saturated heterocycles. The van der Waals surface area contributed by atoms with Crippen LogP contribution in [0.25, 0.3) is 0 Å². The van der Waals surface area contributed by atoms with Crippen LogP contribution in [0.15, 0.2) is 0 Å². The zero-order chi connectivity index (χ0) is 12.6. The molecule has 2 heterocycles. The van der Waals surface area contributed by atoms with Gasteiger partial charge in [0.15, 0.2) is 0 Å². The van der Waals surface area contributed by atoms with E-state index in [2.05, 4.69) is 23.6 Å². The van der Waals surface area contributed by atoms with Crippen molar-refractivity contribution in [2.24, 2.45) is 5.73 Å². The van der Waals surface area contributed by atoms with E-state index in [9.17, 15) is 4.79 Å². The molecule has 0 saturated carbocycles. The number of aliphatic carboxylic acids is 1. The molecule has 2 aliphatic rings. The van der Waals surface area contributed by atoms with Crippen molar-refractivity contribution in [2.45, 2.75) is 44.3 Å². The maximum atomic E-state index is 11.1. The molecule has 0 aliphatic carbocycles. The van der Waals surface area contributed by atoms with Crippen LogP contribution in [0, 0.1) is 0 Å². The fraction of sp³-hybridized carbons (Fsp3) is 0.917. The zero-order valence-corrected chi connectivity index (χ0v) is 10.7. The minimum Gasteiger partial charge on any atom is -0.480 e. The number of nitrogens with two attached hydrogens (primary N) is 1. The van der Waals surface area contributed by atoms with Crippen molar-refractivity contribution < 1.29 is 9.90 Å². The Bertz CT molecular complexity index is 308. The Labute approximate surface area is 103 Å². The fourth-order valence-electron chi connectivity index (χ4n) is 2.89. The van der Waals surface area contributed by atoms with E-state index in [0.29, 0.717) is 25.0 Å². The lowest BCUT2D eigenvalue weighted by molar-refractivity contribution is -0.142. The van der Waals surface area contributed by atoms with Crippen LogP contribution in [0.4, 0.5) is 0 Å². The molecule has 2 fully saturated rings. The van der Waals surface area contributed by atoms with E-state index in [1.54, 1.807) is 0 Å². The number of carbonyl (C=O) groups is 1. The maximum absolute atomic E-state index is 11.1. The highest BCUT2D eigenvalue weighted by Crippen LogP contribution is 2.26. The zero-order valence-electron chi connectivity index (χ0n) is 10.7. The molecule has 0 amide bonds. The number of nitrogens with zero attached hydrogens (tertiary/aromatic N) is 2. The van der Waals surface area contributed by atoms with Gasteiger partial charge in [-0.15, -0.1) is 0 Å². The maximum Gasteiger partial charge on any atom is 0.325 e. The van der Waals surface area contributed by atoms with Gasteiger partial charge in [-0.25, -0.2) is 0 Å². The van der Waals surface area contributed by atoms with Crippen LogP contribution in [0.5, 0.6) is 0 Å². The van der Waals surface area contributed by atoms with Crippen LogP contribution in [0.1, 0.15) is 26.7 Å². The molecule has 2 atom stereocenters. The summed E-state index contributed by atoms with van der Waals surface area (Å²) >= 11 is 0. The minimum atomic E-state index is -1.02. The number of carboxylic acids is 1. The molecular formula is C12H23N3O2. The summed E-state index contributed by atoms with van der Waals surface area (Å²) in [5.41, 5.74) is 4.88. The summed E-state index contributed by atoms with van der Waals surface area (Å²) in [4.78, 5) is 15.8. The summed E-state index contributed by atoms with van der Waals surface area (Å²) in [6, 6.07) is 1.06. The molecule has 2 aliphatic heterocycles. The van der Waals surface area contributed by atoms with Crippen LogP contribution in [0.2, 0.25) is 0 Å². The van der Waals surface area contributed by atoms with Crippen molar-refractivity contribution in [1.29, 1.82) is 0 Å². The molecule has 98 valence electrons. The highest BCUT2D eigenvalue weighted by Gasteiger charge is 2.44. The van der Waals surface area contributed by atoms with E-state index >= 15 is 0 Å². The summed E-state index contributed by atoms with van der Waals surface area (Å²) in [5, 5.41) is 9.11. The van der Waals surface area contributed by atoms with Gasteiger partial charge in [0.1, 0.15) is 5.54 Å². The van der Waals surface area contributed by atoms with Crippen LogP contribution >= 0.6 is 0 Å². The minimum absolute atomic E-state index is 0.488. The Hall–Kier alpha value is -0.650. The van der Waals surface area contributed by atoms with E-state index < -0.39 is 11.5 Å². The van der Waals surface area contributed by atoms with Gasteiger partial charge in [0.2, 0.25) is 0 Å². The van der Waals surface area contributed by atoms with Crippen LogP contribution in [-0.4, -0.2) is 64.7 Å². The van der Waals surface area contributed by atoms with Gasteiger partial charge in [0.05, 0.1) is 0 Å². The van der Waals surface area contributed by atoms with Crippen LogP contribution < -0.4 is 5.73 Å². The number of rotatable bonds is 3. The Kier molecular flexibility index (Phi) is 3.43. The first kappa shape index (κ1) is 12.8. The van der Waals surface area contributed by atoms with Gasteiger partial charge >= 0.3 is 5.97 Å². The van der Waals surface area contributed by atoms with Gasteiger partial charge in [0.25, 0.3) is 0 Å². The first-order valence-corrected chi connectivity index (χ1v) is 6.43. The lowest BCUT2D eigenvalue weighted by Gasteiger charge is -2.26. The summed E-state index contributed by atoms with van der Waals surface area (Å²) in [5.74, 6) is -0.862. The quantitative estimate of drug-likeness (QED) is 0.725. The first-order chi connectivity index (χ1) is 7.92. The molecule has 0 spiro atoms. The average Bonchev–Trinajstić information content (AvgIpc) is 2.84. The van der Waals surface area contributed by atoms with E-state index in [4.69, 9.17) is 10.8 Å². The van der Waals surface area contributed by atoms with Crippen molar-refractivity contribution in [1.82, 2.24) is 9.80 Å². The van der Waals surface area contributed by atoms with Crippen molar-refractivity contribution in [2.75, 3.05) is 26.2 Å². The molecule has 17 heavy (non-hydrogen) atoms. The summed E-state index contributed by atoms with van der Waals surface area (Å²) < 4.78 is 0. The largest absolute Gasteiger partial charge is 0.480 e. The second-order valence-electron chi connectivity index (χ2n) is 5.71. The third kappa shape index (κ3) is 2.46. The molecule has 0 bridgehead atoms. The molecule has 2 unspecified atom stereocenters.